The molecule has 0 aliphatic rings. The molecule has 5 heteroatoms. The van der Waals surface area contributed by atoms with Crippen molar-refractivity contribution in [3.63, 3.8) is 0 Å². The number of nitrogens with one attached hydrogen (secondary N) is 1. The number of hydrogen-bond acceptors (Lipinski definition) is 3. The fraction of sp³-hybridized carbons (Fsp3) is 0.455. The minimum atomic E-state index is 0.779. The van der Waals surface area contributed by atoms with Gasteiger partial charge in [-0.05, 0) is 6.92 Å². The highest BCUT2D eigenvalue weighted by Gasteiger charge is 2.00. The zero-order valence-corrected chi connectivity index (χ0v) is 9.72. The number of aromatic nitrogens is 4. The highest BCUT2D eigenvalue weighted by molar-refractivity contribution is 5.03. The van der Waals surface area contributed by atoms with Crippen molar-refractivity contribution in [2.45, 2.75) is 26.6 Å². The Morgan fingerprint density at radius 3 is 2.88 bits per heavy atom. The standard InChI is InChI=1S/C11H17N5/c1-3-16-9-10(7-14-16)6-12-8-11-13-4-5-15(11)2/h4-5,7,9,12H,3,6,8H2,1-2H3. The van der Waals surface area contributed by atoms with Crippen molar-refractivity contribution in [1.29, 1.82) is 0 Å². The van der Waals surface area contributed by atoms with Gasteiger partial charge in [0.2, 0.25) is 0 Å². The third-order valence-electron chi connectivity index (χ3n) is 2.54. The van der Waals surface area contributed by atoms with Gasteiger partial charge in [-0.1, -0.05) is 0 Å². The van der Waals surface area contributed by atoms with E-state index in [9.17, 15) is 0 Å². The lowest BCUT2D eigenvalue weighted by Crippen LogP contribution is -2.15. The number of hydrogen-bond donors (Lipinski definition) is 1. The zero-order valence-electron chi connectivity index (χ0n) is 9.72. The zero-order chi connectivity index (χ0) is 11.4. The Morgan fingerprint density at radius 2 is 2.25 bits per heavy atom. The average Bonchev–Trinajstić information content (AvgIpc) is 2.89. The van der Waals surface area contributed by atoms with Crippen molar-refractivity contribution in [1.82, 2.24) is 24.6 Å². The number of rotatable bonds is 5. The number of imidazole rings is 1. The van der Waals surface area contributed by atoms with E-state index >= 15 is 0 Å². The first kappa shape index (κ1) is 10.9. The first-order valence-electron chi connectivity index (χ1n) is 5.48. The molecule has 16 heavy (non-hydrogen) atoms. The molecule has 0 saturated heterocycles. The maximum Gasteiger partial charge on any atom is 0.122 e. The van der Waals surface area contributed by atoms with Crippen LogP contribution in [0, 0.1) is 0 Å². The molecule has 0 saturated carbocycles. The van der Waals surface area contributed by atoms with Gasteiger partial charge in [0.05, 0.1) is 12.7 Å². The molecule has 2 rings (SSSR count). The molecule has 0 atom stereocenters. The Kier molecular flexibility index (Phi) is 3.36. The summed E-state index contributed by atoms with van der Waals surface area (Å²) in [6, 6.07) is 0. The van der Waals surface area contributed by atoms with Crippen molar-refractivity contribution >= 4 is 0 Å². The van der Waals surface area contributed by atoms with Crippen LogP contribution < -0.4 is 5.32 Å². The molecule has 2 aromatic rings. The fourth-order valence-corrected chi connectivity index (χ4v) is 1.56. The van der Waals surface area contributed by atoms with Crippen LogP contribution in [0.4, 0.5) is 0 Å². The molecule has 2 heterocycles. The molecule has 0 bridgehead atoms. The van der Waals surface area contributed by atoms with Gasteiger partial charge in [-0.2, -0.15) is 5.10 Å². The third-order valence-corrected chi connectivity index (χ3v) is 2.54. The van der Waals surface area contributed by atoms with Crippen LogP contribution in [-0.4, -0.2) is 19.3 Å². The molecule has 0 unspecified atom stereocenters. The van der Waals surface area contributed by atoms with Crippen molar-refractivity contribution in [3.8, 4) is 0 Å². The van der Waals surface area contributed by atoms with Gasteiger partial charge in [0, 0.05) is 44.3 Å². The van der Waals surface area contributed by atoms with E-state index in [2.05, 4.69) is 28.5 Å². The van der Waals surface area contributed by atoms with E-state index in [4.69, 9.17) is 0 Å². The first-order chi connectivity index (χ1) is 7.79. The molecular weight excluding hydrogens is 202 g/mol. The highest BCUT2D eigenvalue weighted by Crippen LogP contribution is 1.98. The van der Waals surface area contributed by atoms with E-state index in [-0.39, 0.29) is 0 Å². The molecule has 0 fully saturated rings. The summed E-state index contributed by atoms with van der Waals surface area (Å²) < 4.78 is 3.94. The van der Waals surface area contributed by atoms with Crippen molar-refractivity contribution in [2.24, 2.45) is 7.05 Å². The summed E-state index contributed by atoms with van der Waals surface area (Å²) >= 11 is 0. The summed E-state index contributed by atoms with van der Waals surface area (Å²) in [5, 5.41) is 7.57. The lowest BCUT2D eigenvalue weighted by Gasteiger charge is -2.02. The van der Waals surface area contributed by atoms with E-state index < -0.39 is 0 Å². The van der Waals surface area contributed by atoms with Crippen LogP contribution in [0.2, 0.25) is 0 Å². The molecular formula is C11H17N5. The monoisotopic (exact) mass is 219 g/mol. The van der Waals surface area contributed by atoms with Crippen LogP contribution >= 0.6 is 0 Å². The quantitative estimate of drug-likeness (QED) is 0.813. The van der Waals surface area contributed by atoms with Crippen molar-refractivity contribution < 1.29 is 0 Å². The fourth-order valence-electron chi connectivity index (χ4n) is 1.56. The smallest absolute Gasteiger partial charge is 0.122 e. The molecule has 0 aromatic carbocycles. The van der Waals surface area contributed by atoms with Crippen LogP contribution in [-0.2, 0) is 26.7 Å². The van der Waals surface area contributed by atoms with Gasteiger partial charge in [-0.25, -0.2) is 4.98 Å². The normalized spacial score (nSPS) is 10.9. The summed E-state index contributed by atoms with van der Waals surface area (Å²) in [7, 11) is 2.00. The minimum absolute atomic E-state index is 0.779. The molecule has 86 valence electrons. The van der Waals surface area contributed by atoms with Gasteiger partial charge >= 0.3 is 0 Å². The Labute approximate surface area is 95.1 Å². The SMILES string of the molecule is CCn1cc(CNCc2nccn2C)cn1. The lowest BCUT2D eigenvalue weighted by atomic mass is 10.3. The van der Waals surface area contributed by atoms with Crippen LogP contribution in [0.5, 0.6) is 0 Å². The third kappa shape index (κ3) is 2.49. The van der Waals surface area contributed by atoms with E-state index in [1.54, 1.807) is 0 Å². The molecule has 0 aliphatic carbocycles. The van der Waals surface area contributed by atoms with Gasteiger partial charge in [0.1, 0.15) is 5.82 Å². The number of nitrogens with zero attached hydrogens (tertiary/aromatic N) is 4. The van der Waals surface area contributed by atoms with Crippen molar-refractivity contribution in [3.05, 3.63) is 36.2 Å². The van der Waals surface area contributed by atoms with Gasteiger partial charge in [-0.3, -0.25) is 4.68 Å². The largest absolute Gasteiger partial charge is 0.337 e. The Bertz CT molecular complexity index is 443. The molecule has 0 aliphatic heterocycles. The topological polar surface area (TPSA) is 47.7 Å². The molecule has 5 nitrogen and oxygen atoms in total. The molecule has 2 aromatic heterocycles. The van der Waals surface area contributed by atoms with Gasteiger partial charge in [0.15, 0.2) is 0 Å². The molecule has 0 spiro atoms. The van der Waals surface area contributed by atoms with E-state index in [1.165, 1.54) is 5.56 Å². The predicted octanol–water partition coefficient (Wildman–Crippen LogP) is 0.926. The first-order valence-corrected chi connectivity index (χ1v) is 5.48. The Balaban J connectivity index is 1.82. The van der Waals surface area contributed by atoms with Crippen molar-refractivity contribution in [2.75, 3.05) is 0 Å². The number of aryl methyl sites for hydroxylation is 2. The minimum Gasteiger partial charge on any atom is -0.337 e. The van der Waals surface area contributed by atoms with Gasteiger partial charge in [0.25, 0.3) is 0 Å². The Hall–Kier alpha value is -1.62. The molecule has 0 amide bonds. The van der Waals surface area contributed by atoms with Gasteiger partial charge < -0.3 is 9.88 Å². The summed E-state index contributed by atoms with van der Waals surface area (Å²) in [5.74, 6) is 1.04. The maximum absolute atomic E-state index is 4.25. The second-order valence-electron chi connectivity index (χ2n) is 3.76. The predicted molar refractivity (Wildman–Crippen MR) is 61.7 cm³/mol. The molecule has 0 radical (unpaired) electrons. The van der Waals surface area contributed by atoms with Crippen LogP contribution in [0.3, 0.4) is 0 Å². The van der Waals surface area contributed by atoms with Crippen LogP contribution in [0.15, 0.2) is 24.8 Å². The summed E-state index contributed by atoms with van der Waals surface area (Å²) in [5.41, 5.74) is 1.20. The summed E-state index contributed by atoms with van der Waals surface area (Å²) in [4.78, 5) is 4.25. The second kappa shape index (κ2) is 4.94. The maximum atomic E-state index is 4.25. The Morgan fingerprint density at radius 1 is 1.38 bits per heavy atom. The van der Waals surface area contributed by atoms with Crippen LogP contribution in [0.1, 0.15) is 18.3 Å². The van der Waals surface area contributed by atoms with Crippen LogP contribution in [0.25, 0.3) is 0 Å². The van der Waals surface area contributed by atoms with E-state index in [0.29, 0.717) is 0 Å². The second-order valence-corrected chi connectivity index (χ2v) is 3.76. The average molecular weight is 219 g/mol. The van der Waals surface area contributed by atoms with E-state index in [1.807, 2.05) is 34.9 Å². The molecule has 1 N–H and O–H groups in total. The summed E-state index contributed by atoms with van der Waals surface area (Å²) in [6.07, 6.45) is 7.72. The van der Waals surface area contributed by atoms with E-state index in [0.717, 1.165) is 25.5 Å². The summed E-state index contributed by atoms with van der Waals surface area (Å²) in [6.45, 7) is 4.60. The lowest BCUT2D eigenvalue weighted by molar-refractivity contribution is 0.635. The van der Waals surface area contributed by atoms with Gasteiger partial charge in [-0.15, -0.1) is 0 Å². The highest BCUT2D eigenvalue weighted by atomic mass is 15.3.